The number of nitrogens with one attached hydrogen (secondary N) is 1. The smallest absolute Gasteiger partial charge is 0.224 e. The van der Waals surface area contributed by atoms with Crippen LogP contribution < -0.4 is 11.1 Å². The van der Waals surface area contributed by atoms with Gasteiger partial charge in [0.25, 0.3) is 0 Å². The van der Waals surface area contributed by atoms with Gasteiger partial charge in [-0.1, -0.05) is 0 Å². The average Bonchev–Trinajstić information content (AvgIpc) is 2.49. The van der Waals surface area contributed by atoms with Crippen molar-refractivity contribution < 1.29 is 14.3 Å². The van der Waals surface area contributed by atoms with Crippen molar-refractivity contribution in [2.24, 2.45) is 11.7 Å². The fourth-order valence-electron chi connectivity index (χ4n) is 2.39. The van der Waals surface area contributed by atoms with Crippen molar-refractivity contribution in [3.63, 3.8) is 0 Å². The van der Waals surface area contributed by atoms with Crippen LogP contribution in [0.1, 0.15) is 32.6 Å². The van der Waals surface area contributed by atoms with Crippen molar-refractivity contribution in [3.8, 4) is 0 Å². The van der Waals surface area contributed by atoms with Crippen LogP contribution in [0.3, 0.4) is 0 Å². The number of halogens is 1. The summed E-state index contributed by atoms with van der Waals surface area (Å²) in [6, 6.07) is 0. The van der Waals surface area contributed by atoms with Gasteiger partial charge in [0.2, 0.25) is 11.8 Å². The van der Waals surface area contributed by atoms with Gasteiger partial charge in [-0.25, -0.2) is 0 Å². The van der Waals surface area contributed by atoms with E-state index in [1.807, 2.05) is 11.8 Å². The van der Waals surface area contributed by atoms with E-state index in [0.29, 0.717) is 39.3 Å². The fourth-order valence-corrected chi connectivity index (χ4v) is 2.39. The normalized spacial score (nSPS) is 18.0. The first-order valence-electron chi connectivity index (χ1n) is 7.52. The summed E-state index contributed by atoms with van der Waals surface area (Å²) in [5.41, 5.74) is 5.37. The molecule has 1 rings (SSSR count). The predicted molar refractivity (Wildman–Crippen MR) is 84.3 cm³/mol. The number of ether oxygens (including phenoxy) is 1. The first kappa shape index (κ1) is 20.1. The molecule has 1 saturated heterocycles. The zero-order chi connectivity index (χ0) is 14.8. The molecule has 21 heavy (non-hydrogen) atoms. The van der Waals surface area contributed by atoms with Gasteiger partial charge in [-0.3, -0.25) is 9.59 Å². The molecular formula is C14H28ClN3O3. The lowest BCUT2D eigenvalue weighted by molar-refractivity contribution is -0.136. The summed E-state index contributed by atoms with van der Waals surface area (Å²) in [5, 5.41) is 2.80. The Kier molecular flexibility index (Phi) is 11.3. The molecule has 0 bridgehead atoms. The zero-order valence-electron chi connectivity index (χ0n) is 12.8. The minimum absolute atomic E-state index is 0. The van der Waals surface area contributed by atoms with Crippen LogP contribution in [0, 0.1) is 5.92 Å². The first-order valence-corrected chi connectivity index (χ1v) is 7.52. The molecule has 3 N–H and O–H groups in total. The maximum atomic E-state index is 12.1. The molecule has 6 nitrogen and oxygen atoms in total. The molecule has 124 valence electrons. The van der Waals surface area contributed by atoms with Crippen molar-refractivity contribution in [1.82, 2.24) is 10.2 Å². The maximum Gasteiger partial charge on any atom is 0.224 e. The zero-order valence-corrected chi connectivity index (χ0v) is 13.6. The Morgan fingerprint density at radius 2 is 2.19 bits per heavy atom. The molecule has 0 radical (unpaired) electrons. The number of nitrogens with zero attached hydrogens (tertiary/aromatic N) is 1. The Balaban J connectivity index is 0.00000400. The highest BCUT2D eigenvalue weighted by molar-refractivity contribution is 5.85. The van der Waals surface area contributed by atoms with Gasteiger partial charge >= 0.3 is 0 Å². The van der Waals surface area contributed by atoms with Gasteiger partial charge in [-0.15, -0.1) is 12.4 Å². The predicted octanol–water partition coefficient (Wildman–Crippen LogP) is 0.538. The second-order valence-corrected chi connectivity index (χ2v) is 5.06. The van der Waals surface area contributed by atoms with Crippen LogP contribution in [0.15, 0.2) is 0 Å². The largest absolute Gasteiger partial charge is 0.382 e. The Labute approximate surface area is 133 Å². The van der Waals surface area contributed by atoms with E-state index in [4.69, 9.17) is 10.5 Å². The van der Waals surface area contributed by atoms with E-state index in [1.54, 1.807) is 0 Å². The van der Waals surface area contributed by atoms with Crippen LogP contribution in [0.5, 0.6) is 0 Å². The number of likely N-dealkylation sites (tertiary alicyclic amines) is 1. The molecule has 0 aromatic carbocycles. The van der Waals surface area contributed by atoms with Crippen LogP contribution in [-0.2, 0) is 14.3 Å². The Bertz CT molecular complexity index is 316. The number of rotatable bonds is 8. The van der Waals surface area contributed by atoms with Crippen molar-refractivity contribution in [2.45, 2.75) is 32.6 Å². The quantitative estimate of drug-likeness (QED) is 0.639. The summed E-state index contributed by atoms with van der Waals surface area (Å²) in [4.78, 5) is 25.8. The van der Waals surface area contributed by atoms with E-state index < -0.39 is 0 Å². The number of amides is 2. The summed E-state index contributed by atoms with van der Waals surface area (Å²) >= 11 is 0. The van der Waals surface area contributed by atoms with Gasteiger partial charge in [0.1, 0.15) is 0 Å². The van der Waals surface area contributed by atoms with E-state index in [-0.39, 0.29) is 30.1 Å². The molecule has 0 aromatic heterocycles. The van der Waals surface area contributed by atoms with E-state index in [2.05, 4.69) is 5.32 Å². The number of hydrogen-bond acceptors (Lipinski definition) is 4. The molecule has 7 heteroatoms. The van der Waals surface area contributed by atoms with Crippen LogP contribution in [0.2, 0.25) is 0 Å². The highest BCUT2D eigenvalue weighted by Gasteiger charge is 2.27. The molecule has 0 aliphatic carbocycles. The third-order valence-electron chi connectivity index (χ3n) is 3.47. The van der Waals surface area contributed by atoms with Gasteiger partial charge in [-0.2, -0.15) is 0 Å². The van der Waals surface area contributed by atoms with Crippen LogP contribution >= 0.6 is 12.4 Å². The van der Waals surface area contributed by atoms with Gasteiger partial charge in [-0.05, 0) is 26.2 Å². The molecule has 1 atom stereocenters. The second kappa shape index (κ2) is 11.8. The highest BCUT2D eigenvalue weighted by Crippen LogP contribution is 2.17. The maximum absolute atomic E-state index is 12.1. The van der Waals surface area contributed by atoms with E-state index in [9.17, 15) is 9.59 Å². The monoisotopic (exact) mass is 321 g/mol. The molecule has 1 aliphatic rings. The fraction of sp³-hybridized carbons (Fsp3) is 0.857. The molecule has 2 amide bonds. The molecule has 1 fully saturated rings. The van der Waals surface area contributed by atoms with Gasteiger partial charge in [0.05, 0.1) is 5.92 Å². The molecule has 1 heterocycles. The van der Waals surface area contributed by atoms with Gasteiger partial charge in [0, 0.05) is 45.8 Å². The lowest BCUT2D eigenvalue weighted by Crippen LogP contribution is -2.46. The topological polar surface area (TPSA) is 84.7 Å². The summed E-state index contributed by atoms with van der Waals surface area (Å²) in [6.07, 6.45) is 2.97. The minimum Gasteiger partial charge on any atom is -0.382 e. The standard InChI is InChI=1S/C14H27N3O3.ClH/c1-2-20-10-4-6-13(18)17-9-3-5-12(11-17)14(19)16-8-7-15;/h12H,2-11,15H2,1H3,(H,16,19);1H. The molecular weight excluding hydrogens is 294 g/mol. The minimum atomic E-state index is -0.0915. The second-order valence-electron chi connectivity index (χ2n) is 5.06. The van der Waals surface area contributed by atoms with Crippen molar-refractivity contribution in [3.05, 3.63) is 0 Å². The van der Waals surface area contributed by atoms with Crippen LogP contribution in [0.4, 0.5) is 0 Å². The van der Waals surface area contributed by atoms with E-state index in [1.165, 1.54) is 0 Å². The summed E-state index contributed by atoms with van der Waals surface area (Å²) in [6.45, 7) is 5.48. The number of hydrogen-bond donors (Lipinski definition) is 2. The Morgan fingerprint density at radius 3 is 2.86 bits per heavy atom. The lowest BCUT2D eigenvalue weighted by atomic mass is 9.96. The number of piperidine rings is 1. The first-order chi connectivity index (χ1) is 9.69. The summed E-state index contributed by atoms with van der Waals surface area (Å²) in [7, 11) is 0. The third kappa shape index (κ3) is 7.64. The summed E-state index contributed by atoms with van der Waals surface area (Å²) in [5.74, 6) is 0.0504. The SMILES string of the molecule is CCOCCCC(=O)N1CCCC(C(=O)NCCN)C1.Cl. The number of carbonyl (C=O) groups is 2. The third-order valence-corrected chi connectivity index (χ3v) is 3.47. The highest BCUT2D eigenvalue weighted by atomic mass is 35.5. The van der Waals surface area contributed by atoms with Gasteiger partial charge < -0.3 is 20.7 Å². The molecule has 1 unspecified atom stereocenters. The van der Waals surface area contributed by atoms with Crippen LogP contribution in [0.25, 0.3) is 0 Å². The summed E-state index contributed by atoms with van der Waals surface area (Å²) < 4.78 is 5.23. The van der Waals surface area contributed by atoms with E-state index >= 15 is 0 Å². The van der Waals surface area contributed by atoms with Crippen molar-refractivity contribution >= 4 is 24.2 Å². The molecule has 0 aromatic rings. The van der Waals surface area contributed by atoms with Crippen molar-refractivity contribution in [1.29, 1.82) is 0 Å². The average molecular weight is 322 g/mol. The number of carbonyl (C=O) groups excluding carboxylic acids is 2. The van der Waals surface area contributed by atoms with E-state index in [0.717, 1.165) is 25.8 Å². The number of nitrogens with two attached hydrogens (primary N) is 1. The molecule has 1 aliphatic heterocycles. The Morgan fingerprint density at radius 1 is 1.43 bits per heavy atom. The van der Waals surface area contributed by atoms with Gasteiger partial charge in [0.15, 0.2) is 0 Å². The van der Waals surface area contributed by atoms with Crippen molar-refractivity contribution in [2.75, 3.05) is 39.4 Å². The lowest BCUT2D eigenvalue weighted by Gasteiger charge is -2.32. The van der Waals surface area contributed by atoms with Crippen LogP contribution in [-0.4, -0.2) is 56.1 Å². The molecule has 0 spiro atoms. The Hall–Kier alpha value is -0.850. The molecule has 0 saturated carbocycles.